The van der Waals surface area contributed by atoms with Crippen molar-refractivity contribution in [3.63, 3.8) is 0 Å². The number of methoxy groups -OCH3 is 2. The second-order valence-corrected chi connectivity index (χ2v) is 8.76. The van der Waals surface area contributed by atoms with Crippen molar-refractivity contribution in [2.75, 3.05) is 33.2 Å². The van der Waals surface area contributed by atoms with Gasteiger partial charge in [-0.2, -0.15) is 0 Å². The fourth-order valence-electron chi connectivity index (χ4n) is 4.14. The number of hydrogen-bond acceptors (Lipinski definition) is 6. The van der Waals surface area contributed by atoms with Gasteiger partial charge < -0.3 is 19.1 Å². The van der Waals surface area contributed by atoms with Crippen LogP contribution in [0.3, 0.4) is 0 Å². The van der Waals surface area contributed by atoms with Gasteiger partial charge in [0.25, 0.3) is 0 Å². The number of rotatable bonds is 8. The van der Waals surface area contributed by atoms with Gasteiger partial charge in [-0.05, 0) is 35.3 Å². The monoisotopic (exact) mass is 486 g/mol. The molecule has 3 rings (SSSR count). The summed E-state index contributed by atoms with van der Waals surface area (Å²) in [5.41, 5.74) is 4.52. The minimum absolute atomic E-state index is 0.125. The van der Waals surface area contributed by atoms with Crippen LogP contribution in [0.25, 0.3) is 17.2 Å². The van der Waals surface area contributed by atoms with Crippen LogP contribution < -0.4 is 4.90 Å². The standard InChI is InChI=1S/C26H33FN2O4.C2H6/c1-16(2)25-21(12-11-19-13-20(32-6)14-23(30)33-19)24(17-7-9-18(27)10-8-17)22(15-31-5)26(28-25)29(3)4;1-2/h7-12,16,19-20H,13-15H2,1-6H3;1-2H3/b12-11+;. The third-order valence-electron chi connectivity index (χ3n) is 5.72. The number of esters is 1. The zero-order chi connectivity index (χ0) is 26.1. The molecule has 1 aliphatic rings. The number of cyclic esters (lactones) is 1. The van der Waals surface area contributed by atoms with Crippen molar-refractivity contribution in [2.45, 2.75) is 65.3 Å². The van der Waals surface area contributed by atoms with Crippen LogP contribution in [-0.4, -0.2) is 51.5 Å². The third-order valence-corrected chi connectivity index (χ3v) is 5.72. The third kappa shape index (κ3) is 7.12. The predicted molar refractivity (Wildman–Crippen MR) is 139 cm³/mol. The van der Waals surface area contributed by atoms with Crippen molar-refractivity contribution in [3.8, 4) is 11.1 Å². The molecule has 1 saturated heterocycles. The number of pyridine rings is 1. The van der Waals surface area contributed by atoms with Gasteiger partial charge >= 0.3 is 5.97 Å². The van der Waals surface area contributed by atoms with Gasteiger partial charge in [0.1, 0.15) is 17.7 Å². The Kier molecular flexibility index (Phi) is 10.9. The van der Waals surface area contributed by atoms with Gasteiger partial charge in [-0.25, -0.2) is 9.37 Å². The zero-order valence-corrected chi connectivity index (χ0v) is 22.2. The number of hydrogen-bond donors (Lipinski definition) is 0. The lowest BCUT2D eigenvalue weighted by atomic mass is 9.89. The maximum atomic E-state index is 13.7. The number of halogens is 1. The highest BCUT2D eigenvalue weighted by Gasteiger charge is 2.28. The van der Waals surface area contributed by atoms with Gasteiger partial charge in [0.15, 0.2) is 0 Å². The van der Waals surface area contributed by atoms with Gasteiger partial charge in [0.2, 0.25) is 0 Å². The number of nitrogens with zero attached hydrogens (tertiary/aromatic N) is 2. The number of carbonyl (C=O) groups excluding carboxylic acids is 1. The molecule has 0 N–H and O–H groups in total. The molecule has 0 radical (unpaired) electrons. The molecule has 1 aromatic carbocycles. The number of aromatic nitrogens is 1. The SMILES string of the molecule is CC.COCc1c(N(C)C)nc(C(C)C)c(/C=C/C2CC(OC)CC(=O)O2)c1-c1ccc(F)cc1. The lowest BCUT2D eigenvalue weighted by Gasteiger charge is -2.27. The average molecular weight is 487 g/mol. The van der Waals surface area contributed by atoms with E-state index in [4.69, 9.17) is 19.2 Å². The van der Waals surface area contributed by atoms with Crippen LogP contribution in [0.1, 0.15) is 63.3 Å². The fourth-order valence-corrected chi connectivity index (χ4v) is 4.14. The molecule has 6 nitrogen and oxygen atoms in total. The maximum absolute atomic E-state index is 13.7. The maximum Gasteiger partial charge on any atom is 0.309 e. The molecule has 1 fully saturated rings. The van der Waals surface area contributed by atoms with Crippen LogP contribution >= 0.6 is 0 Å². The van der Waals surface area contributed by atoms with E-state index in [1.165, 1.54) is 12.1 Å². The Bertz CT molecular complexity index is 1000. The Labute approximate surface area is 209 Å². The molecular weight excluding hydrogens is 447 g/mol. The van der Waals surface area contributed by atoms with Gasteiger partial charge in [0.05, 0.1) is 24.8 Å². The van der Waals surface area contributed by atoms with E-state index in [9.17, 15) is 9.18 Å². The smallest absolute Gasteiger partial charge is 0.309 e. The normalized spacial score (nSPS) is 17.8. The molecule has 35 heavy (non-hydrogen) atoms. The van der Waals surface area contributed by atoms with Crippen LogP contribution in [0.2, 0.25) is 0 Å². The molecule has 2 heterocycles. The van der Waals surface area contributed by atoms with E-state index < -0.39 is 6.10 Å². The van der Waals surface area contributed by atoms with Gasteiger partial charge in [-0.15, -0.1) is 0 Å². The summed E-state index contributed by atoms with van der Waals surface area (Å²) >= 11 is 0. The van der Waals surface area contributed by atoms with E-state index in [1.807, 2.05) is 45.0 Å². The quantitative estimate of drug-likeness (QED) is 0.428. The summed E-state index contributed by atoms with van der Waals surface area (Å²) in [7, 11) is 7.14. The molecule has 7 heteroatoms. The molecule has 1 aliphatic heterocycles. The van der Waals surface area contributed by atoms with Crippen LogP contribution in [0.15, 0.2) is 30.3 Å². The van der Waals surface area contributed by atoms with Crippen molar-refractivity contribution in [3.05, 3.63) is 53.0 Å². The fraction of sp³-hybridized carbons (Fsp3) is 0.500. The van der Waals surface area contributed by atoms with Crippen molar-refractivity contribution < 1.29 is 23.4 Å². The molecule has 0 saturated carbocycles. The second kappa shape index (κ2) is 13.4. The number of carbonyl (C=O) groups is 1. The molecule has 0 aliphatic carbocycles. The lowest BCUT2D eigenvalue weighted by Crippen LogP contribution is -2.32. The summed E-state index contributed by atoms with van der Waals surface area (Å²) in [6, 6.07) is 6.45. The molecule has 2 aromatic rings. The first-order valence-electron chi connectivity index (χ1n) is 12.1. The lowest BCUT2D eigenvalue weighted by molar-refractivity contribution is -0.157. The van der Waals surface area contributed by atoms with Crippen molar-refractivity contribution in [2.24, 2.45) is 0 Å². The summed E-state index contributed by atoms with van der Waals surface area (Å²) in [4.78, 5) is 19.0. The molecular formula is C28H39FN2O4. The summed E-state index contributed by atoms with van der Waals surface area (Å²) in [5.74, 6) is 0.363. The Morgan fingerprint density at radius 2 is 1.86 bits per heavy atom. The summed E-state index contributed by atoms with van der Waals surface area (Å²) in [5, 5.41) is 0. The van der Waals surface area contributed by atoms with E-state index >= 15 is 0 Å². The number of benzene rings is 1. The number of ether oxygens (including phenoxy) is 3. The predicted octanol–water partition coefficient (Wildman–Crippen LogP) is 5.98. The number of anilines is 1. The minimum Gasteiger partial charge on any atom is -0.458 e. The van der Waals surface area contributed by atoms with E-state index in [0.717, 1.165) is 33.8 Å². The van der Waals surface area contributed by atoms with Crippen LogP contribution in [0, 0.1) is 5.82 Å². The molecule has 0 spiro atoms. The largest absolute Gasteiger partial charge is 0.458 e. The van der Waals surface area contributed by atoms with Crippen LogP contribution in [-0.2, 0) is 25.6 Å². The molecule has 192 valence electrons. The Hall–Kier alpha value is -2.77. The highest BCUT2D eigenvalue weighted by molar-refractivity contribution is 5.83. The van der Waals surface area contributed by atoms with Crippen molar-refractivity contribution >= 4 is 17.9 Å². The molecule has 2 unspecified atom stereocenters. The average Bonchev–Trinajstić information content (AvgIpc) is 2.84. The molecule has 1 aromatic heterocycles. The molecule has 2 atom stereocenters. The first-order chi connectivity index (χ1) is 16.7. The summed E-state index contributed by atoms with van der Waals surface area (Å²) in [6.45, 7) is 8.52. The van der Waals surface area contributed by atoms with Gasteiger partial charge in [-0.3, -0.25) is 4.79 Å². The van der Waals surface area contributed by atoms with Crippen LogP contribution in [0.5, 0.6) is 0 Å². The van der Waals surface area contributed by atoms with E-state index in [-0.39, 0.29) is 30.2 Å². The van der Waals surface area contributed by atoms with Crippen molar-refractivity contribution in [1.29, 1.82) is 0 Å². The van der Waals surface area contributed by atoms with E-state index in [0.29, 0.717) is 13.0 Å². The molecule has 0 bridgehead atoms. The van der Waals surface area contributed by atoms with Crippen molar-refractivity contribution in [1.82, 2.24) is 4.98 Å². The van der Waals surface area contributed by atoms with E-state index in [1.54, 1.807) is 26.4 Å². The zero-order valence-electron chi connectivity index (χ0n) is 22.2. The summed E-state index contributed by atoms with van der Waals surface area (Å²) < 4.78 is 30.2. The second-order valence-electron chi connectivity index (χ2n) is 8.76. The molecule has 0 amide bonds. The van der Waals surface area contributed by atoms with Gasteiger partial charge in [0, 0.05) is 45.9 Å². The van der Waals surface area contributed by atoms with Gasteiger partial charge in [-0.1, -0.05) is 45.9 Å². The summed E-state index contributed by atoms with van der Waals surface area (Å²) in [6.07, 6.45) is 4.16. The topological polar surface area (TPSA) is 60.9 Å². The first kappa shape index (κ1) is 28.5. The Morgan fingerprint density at radius 1 is 1.20 bits per heavy atom. The highest BCUT2D eigenvalue weighted by Crippen LogP contribution is 2.38. The minimum atomic E-state index is -0.392. The Balaban J connectivity index is 0.00000210. The van der Waals surface area contributed by atoms with E-state index in [2.05, 4.69) is 13.8 Å². The Morgan fingerprint density at radius 3 is 2.40 bits per heavy atom. The van der Waals surface area contributed by atoms with Crippen LogP contribution in [0.4, 0.5) is 10.2 Å². The first-order valence-corrected chi connectivity index (χ1v) is 12.1. The highest BCUT2D eigenvalue weighted by atomic mass is 19.1.